The van der Waals surface area contributed by atoms with E-state index in [9.17, 15) is 9.90 Å². The lowest BCUT2D eigenvalue weighted by atomic mass is 9.88. The number of nitrogens with one attached hydrogen (secondary N) is 1. The molecule has 0 aliphatic carbocycles. The van der Waals surface area contributed by atoms with Gasteiger partial charge in [0.1, 0.15) is 11.6 Å². The number of nitrogens with zero attached hydrogens (tertiary/aromatic N) is 2. The van der Waals surface area contributed by atoms with Gasteiger partial charge in [0.05, 0.1) is 6.54 Å². The normalized spacial score (nSPS) is 12.0. The molecule has 6 heteroatoms. The molecule has 0 aliphatic rings. The van der Waals surface area contributed by atoms with Gasteiger partial charge in [-0.05, 0) is 36.2 Å². The molecule has 1 amide bonds. The zero-order valence-corrected chi connectivity index (χ0v) is 16.1. The van der Waals surface area contributed by atoms with Gasteiger partial charge in [0.15, 0.2) is 0 Å². The maximum Gasteiger partial charge on any atom is 0.223 e. The lowest BCUT2D eigenvalue weighted by Gasteiger charge is -2.23. The summed E-state index contributed by atoms with van der Waals surface area (Å²) in [4.78, 5) is 21.9. The van der Waals surface area contributed by atoms with Crippen LogP contribution in [0.25, 0.3) is 0 Å². The number of rotatable bonds is 6. The largest absolute Gasteiger partial charge is 0.508 e. The zero-order chi connectivity index (χ0) is 19.4. The fourth-order valence-electron chi connectivity index (χ4n) is 3.10. The van der Waals surface area contributed by atoms with Crippen LogP contribution in [0.3, 0.4) is 0 Å². The van der Waals surface area contributed by atoms with Crippen molar-refractivity contribution in [3.05, 3.63) is 82.4 Å². The number of aromatic nitrogens is 2. The average Bonchev–Trinajstić information content (AvgIpc) is 3.05. The van der Waals surface area contributed by atoms with Crippen LogP contribution in [0.1, 0.15) is 35.0 Å². The fourth-order valence-corrected chi connectivity index (χ4v) is 3.36. The van der Waals surface area contributed by atoms with Crippen molar-refractivity contribution in [2.75, 3.05) is 7.05 Å². The molecule has 0 aliphatic heterocycles. The third-order valence-electron chi connectivity index (χ3n) is 4.50. The molecule has 27 heavy (non-hydrogen) atoms. The lowest BCUT2D eigenvalue weighted by Crippen LogP contribution is -2.28. The standard InChI is InChI=1S/C21H22ClN3O2/c1-14-12-23-20(24-14)13-25(2)21(27)11-18(15-6-5-7-16(26)10-15)17-8-3-4-9-19(17)22/h3-10,12,18,26H,11,13H2,1-2H3,(H,23,24). The Kier molecular flexibility index (Phi) is 5.81. The van der Waals surface area contributed by atoms with Crippen molar-refractivity contribution in [3.63, 3.8) is 0 Å². The van der Waals surface area contributed by atoms with Crippen molar-refractivity contribution in [1.82, 2.24) is 14.9 Å². The van der Waals surface area contributed by atoms with Crippen molar-refractivity contribution >= 4 is 17.5 Å². The Morgan fingerprint density at radius 3 is 2.70 bits per heavy atom. The molecule has 0 saturated carbocycles. The fraction of sp³-hybridized carbons (Fsp3) is 0.238. The smallest absolute Gasteiger partial charge is 0.223 e. The van der Waals surface area contributed by atoms with Crippen LogP contribution in [-0.2, 0) is 11.3 Å². The van der Waals surface area contributed by atoms with E-state index in [1.54, 1.807) is 36.3 Å². The quantitative estimate of drug-likeness (QED) is 0.668. The van der Waals surface area contributed by atoms with Gasteiger partial charge in [0, 0.05) is 36.3 Å². The SMILES string of the molecule is Cc1cnc(CN(C)C(=O)CC(c2cccc(O)c2)c2ccccc2Cl)[nH]1. The summed E-state index contributed by atoms with van der Waals surface area (Å²) >= 11 is 6.40. The second-order valence-corrected chi connectivity index (χ2v) is 7.04. The molecule has 0 radical (unpaired) electrons. The molecule has 140 valence electrons. The van der Waals surface area contributed by atoms with Crippen molar-refractivity contribution < 1.29 is 9.90 Å². The van der Waals surface area contributed by atoms with Gasteiger partial charge in [0.25, 0.3) is 0 Å². The molecule has 0 saturated heterocycles. The van der Waals surface area contributed by atoms with Crippen LogP contribution in [0.5, 0.6) is 5.75 Å². The Labute approximate surface area is 163 Å². The second kappa shape index (κ2) is 8.27. The number of amides is 1. The monoisotopic (exact) mass is 383 g/mol. The van der Waals surface area contributed by atoms with Crippen LogP contribution in [0.15, 0.2) is 54.7 Å². The van der Waals surface area contributed by atoms with Gasteiger partial charge < -0.3 is 15.0 Å². The van der Waals surface area contributed by atoms with Gasteiger partial charge >= 0.3 is 0 Å². The molecule has 0 fully saturated rings. The summed E-state index contributed by atoms with van der Waals surface area (Å²) < 4.78 is 0. The van der Waals surface area contributed by atoms with E-state index in [1.807, 2.05) is 37.3 Å². The first-order chi connectivity index (χ1) is 12.9. The third-order valence-corrected chi connectivity index (χ3v) is 4.84. The number of hydrogen-bond acceptors (Lipinski definition) is 3. The maximum absolute atomic E-state index is 12.9. The Balaban J connectivity index is 1.85. The number of imidazole rings is 1. The number of aromatic amines is 1. The molecule has 1 atom stereocenters. The molecule has 3 aromatic rings. The molecule has 0 spiro atoms. The van der Waals surface area contributed by atoms with E-state index in [2.05, 4.69) is 9.97 Å². The zero-order valence-electron chi connectivity index (χ0n) is 15.3. The predicted molar refractivity (Wildman–Crippen MR) is 106 cm³/mol. The van der Waals surface area contributed by atoms with Gasteiger partial charge in [0.2, 0.25) is 5.91 Å². The van der Waals surface area contributed by atoms with E-state index in [0.717, 1.165) is 22.6 Å². The molecule has 1 aromatic heterocycles. The summed E-state index contributed by atoms with van der Waals surface area (Å²) in [5, 5.41) is 10.5. The number of H-pyrrole nitrogens is 1. The summed E-state index contributed by atoms with van der Waals surface area (Å²) in [5.41, 5.74) is 2.67. The Morgan fingerprint density at radius 1 is 1.26 bits per heavy atom. The van der Waals surface area contributed by atoms with Gasteiger partial charge in [-0.15, -0.1) is 0 Å². The number of phenols is 1. The summed E-state index contributed by atoms with van der Waals surface area (Å²) in [7, 11) is 1.76. The highest BCUT2D eigenvalue weighted by atomic mass is 35.5. The molecular weight excluding hydrogens is 362 g/mol. The third kappa shape index (κ3) is 4.68. The molecule has 1 unspecified atom stereocenters. The van der Waals surface area contributed by atoms with E-state index in [4.69, 9.17) is 11.6 Å². The molecule has 2 N–H and O–H groups in total. The van der Waals surface area contributed by atoms with E-state index < -0.39 is 0 Å². The van der Waals surface area contributed by atoms with Crippen LogP contribution in [0.4, 0.5) is 0 Å². The number of carbonyl (C=O) groups excluding carboxylic acids is 1. The van der Waals surface area contributed by atoms with Crippen LogP contribution >= 0.6 is 11.6 Å². The van der Waals surface area contributed by atoms with Gasteiger partial charge in [-0.3, -0.25) is 4.79 Å². The van der Waals surface area contributed by atoms with Gasteiger partial charge in [-0.25, -0.2) is 4.98 Å². The summed E-state index contributed by atoms with van der Waals surface area (Å²) in [6.07, 6.45) is 1.98. The topological polar surface area (TPSA) is 69.2 Å². The molecular formula is C21H22ClN3O2. The lowest BCUT2D eigenvalue weighted by molar-refractivity contribution is -0.130. The van der Waals surface area contributed by atoms with Crippen LogP contribution in [0, 0.1) is 6.92 Å². The molecule has 5 nitrogen and oxygen atoms in total. The predicted octanol–water partition coefficient (Wildman–Crippen LogP) is 4.26. The van der Waals surface area contributed by atoms with Crippen molar-refractivity contribution in [3.8, 4) is 5.75 Å². The Bertz CT molecular complexity index is 938. The first kappa shape index (κ1) is 19.0. The maximum atomic E-state index is 12.9. The number of phenolic OH excluding ortho intramolecular Hbond substituents is 1. The van der Waals surface area contributed by atoms with Crippen LogP contribution in [0.2, 0.25) is 5.02 Å². The van der Waals surface area contributed by atoms with Crippen molar-refractivity contribution in [1.29, 1.82) is 0 Å². The molecule has 1 heterocycles. The molecule has 3 rings (SSSR count). The minimum atomic E-state index is -0.251. The Hall–Kier alpha value is -2.79. The Morgan fingerprint density at radius 2 is 2.04 bits per heavy atom. The van der Waals surface area contributed by atoms with Crippen molar-refractivity contribution in [2.24, 2.45) is 0 Å². The van der Waals surface area contributed by atoms with Gasteiger partial charge in [-0.2, -0.15) is 0 Å². The number of carbonyl (C=O) groups is 1. The first-order valence-corrected chi connectivity index (χ1v) is 9.09. The van der Waals surface area contributed by atoms with Crippen LogP contribution < -0.4 is 0 Å². The summed E-state index contributed by atoms with van der Waals surface area (Å²) in [6.45, 7) is 2.33. The van der Waals surface area contributed by atoms with Crippen LogP contribution in [-0.4, -0.2) is 32.9 Å². The molecule has 0 bridgehead atoms. The van der Waals surface area contributed by atoms with E-state index in [0.29, 0.717) is 11.6 Å². The highest BCUT2D eigenvalue weighted by Crippen LogP contribution is 2.34. The van der Waals surface area contributed by atoms with E-state index >= 15 is 0 Å². The van der Waals surface area contributed by atoms with E-state index in [1.165, 1.54) is 0 Å². The summed E-state index contributed by atoms with van der Waals surface area (Å²) in [5.74, 6) is 0.628. The molecule has 2 aromatic carbocycles. The minimum absolute atomic E-state index is 0.0303. The number of hydrogen-bond donors (Lipinski definition) is 2. The average molecular weight is 384 g/mol. The highest BCUT2D eigenvalue weighted by molar-refractivity contribution is 6.31. The van der Waals surface area contributed by atoms with E-state index in [-0.39, 0.29) is 24.0 Å². The minimum Gasteiger partial charge on any atom is -0.508 e. The summed E-state index contributed by atoms with van der Waals surface area (Å²) in [6, 6.07) is 14.4. The first-order valence-electron chi connectivity index (χ1n) is 8.72. The second-order valence-electron chi connectivity index (χ2n) is 6.64. The number of aromatic hydroxyl groups is 1. The van der Waals surface area contributed by atoms with Gasteiger partial charge in [-0.1, -0.05) is 41.9 Å². The highest BCUT2D eigenvalue weighted by Gasteiger charge is 2.23. The number of benzene rings is 2. The number of aryl methyl sites for hydroxylation is 1. The number of halogens is 1. The van der Waals surface area contributed by atoms with Crippen molar-refractivity contribution in [2.45, 2.75) is 25.8 Å².